The third kappa shape index (κ3) is 2.33. The minimum Gasteiger partial charge on any atom is -0.424 e. The van der Waals surface area contributed by atoms with Gasteiger partial charge in [0.05, 0.1) is 24.1 Å². The zero-order chi connectivity index (χ0) is 10.5. The van der Waals surface area contributed by atoms with Crippen LogP contribution < -0.4 is 4.18 Å². The van der Waals surface area contributed by atoms with Gasteiger partial charge in [-0.1, -0.05) is 19.1 Å². The highest BCUT2D eigenvalue weighted by atomic mass is 32.2. The third-order valence-electron chi connectivity index (χ3n) is 1.91. The molecule has 3 nitrogen and oxygen atoms in total. The molecule has 0 atom stereocenters. The van der Waals surface area contributed by atoms with Crippen molar-refractivity contribution in [3.05, 3.63) is 43.0 Å². The first-order valence-corrected chi connectivity index (χ1v) is 5.69. The van der Waals surface area contributed by atoms with Crippen LogP contribution in [0, 0.1) is 0 Å². The molecule has 0 radical (unpaired) electrons. The lowest BCUT2D eigenvalue weighted by molar-refractivity contribution is 0.640. The molecule has 0 N–H and O–H groups in total. The minimum absolute atomic E-state index is 0.863. The van der Waals surface area contributed by atoms with Crippen molar-refractivity contribution in [3.8, 4) is 11.4 Å². The van der Waals surface area contributed by atoms with Gasteiger partial charge in [0, 0.05) is 18.1 Å². The molecule has 2 rings (SSSR count). The first kappa shape index (κ1) is 10.1. The van der Waals surface area contributed by atoms with Crippen LogP contribution in [-0.2, 0) is 0 Å². The molecule has 78 valence electrons. The lowest BCUT2D eigenvalue weighted by atomic mass is 10.3. The molecule has 4 heteroatoms. The van der Waals surface area contributed by atoms with Crippen molar-refractivity contribution in [2.45, 2.75) is 6.92 Å². The summed E-state index contributed by atoms with van der Waals surface area (Å²) in [5.74, 6) is 1.79. The summed E-state index contributed by atoms with van der Waals surface area (Å²) in [6.45, 7) is 2.06. The summed E-state index contributed by atoms with van der Waals surface area (Å²) in [7, 11) is 0. The Morgan fingerprint density at radius 1 is 1.40 bits per heavy atom. The van der Waals surface area contributed by atoms with Crippen LogP contribution in [0.15, 0.2) is 43.0 Å². The second-order valence-electron chi connectivity index (χ2n) is 2.93. The van der Waals surface area contributed by atoms with Crippen molar-refractivity contribution in [1.82, 2.24) is 9.55 Å². The van der Waals surface area contributed by atoms with Crippen molar-refractivity contribution < 1.29 is 4.18 Å². The van der Waals surface area contributed by atoms with E-state index in [1.54, 1.807) is 12.5 Å². The maximum atomic E-state index is 5.58. The number of rotatable bonds is 4. The maximum Gasteiger partial charge on any atom is 0.161 e. The summed E-state index contributed by atoms with van der Waals surface area (Å²) in [5, 5.41) is 0. The molecule has 0 aliphatic heterocycles. The Balaban J connectivity index is 2.30. The Morgan fingerprint density at radius 3 is 3.00 bits per heavy atom. The van der Waals surface area contributed by atoms with Crippen LogP contribution in [0.4, 0.5) is 0 Å². The van der Waals surface area contributed by atoms with Gasteiger partial charge in [-0.3, -0.25) is 0 Å². The molecule has 1 aromatic heterocycles. The maximum absolute atomic E-state index is 5.58. The highest BCUT2D eigenvalue weighted by molar-refractivity contribution is 7.94. The van der Waals surface area contributed by atoms with Gasteiger partial charge < -0.3 is 8.75 Å². The normalized spacial score (nSPS) is 10.2. The van der Waals surface area contributed by atoms with E-state index in [2.05, 4.69) is 11.9 Å². The van der Waals surface area contributed by atoms with E-state index in [1.165, 1.54) is 12.0 Å². The van der Waals surface area contributed by atoms with E-state index in [0.29, 0.717) is 0 Å². The Kier molecular flexibility index (Phi) is 3.29. The fraction of sp³-hybridized carbons (Fsp3) is 0.182. The van der Waals surface area contributed by atoms with Gasteiger partial charge in [0.1, 0.15) is 0 Å². The van der Waals surface area contributed by atoms with Crippen LogP contribution in [0.25, 0.3) is 5.69 Å². The SMILES string of the molecule is CCSOc1ccccc1-n1ccnc1. The number of imidazole rings is 1. The van der Waals surface area contributed by atoms with Gasteiger partial charge in [0.2, 0.25) is 0 Å². The smallest absolute Gasteiger partial charge is 0.161 e. The first-order valence-electron chi connectivity index (χ1n) is 4.78. The molecule has 2 aromatic rings. The highest BCUT2D eigenvalue weighted by Crippen LogP contribution is 2.25. The number of para-hydroxylation sites is 2. The Morgan fingerprint density at radius 2 is 2.27 bits per heavy atom. The van der Waals surface area contributed by atoms with Gasteiger partial charge in [-0.2, -0.15) is 0 Å². The van der Waals surface area contributed by atoms with Crippen molar-refractivity contribution in [1.29, 1.82) is 0 Å². The van der Waals surface area contributed by atoms with Crippen LogP contribution in [0.5, 0.6) is 5.75 Å². The molecule has 0 aliphatic carbocycles. The number of hydrogen-bond acceptors (Lipinski definition) is 3. The second kappa shape index (κ2) is 4.89. The van der Waals surface area contributed by atoms with Crippen LogP contribution in [0.3, 0.4) is 0 Å². The summed E-state index contributed by atoms with van der Waals surface area (Å²) in [6, 6.07) is 7.91. The molecule has 0 spiro atoms. The summed E-state index contributed by atoms with van der Waals surface area (Å²) >= 11 is 1.44. The summed E-state index contributed by atoms with van der Waals surface area (Å²) < 4.78 is 7.51. The average molecular weight is 220 g/mol. The van der Waals surface area contributed by atoms with Crippen molar-refractivity contribution >= 4 is 12.0 Å². The van der Waals surface area contributed by atoms with Gasteiger partial charge >= 0.3 is 0 Å². The largest absolute Gasteiger partial charge is 0.424 e. The van der Waals surface area contributed by atoms with Gasteiger partial charge in [-0.25, -0.2) is 4.98 Å². The molecule has 0 amide bonds. The molecule has 0 bridgehead atoms. The monoisotopic (exact) mass is 220 g/mol. The number of benzene rings is 1. The van der Waals surface area contributed by atoms with Crippen LogP contribution in [0.2, 0.25) is 0 Å². The van der Waals surface area contributed by atoms with Crippen LogP contribution >= 0.6 is 12.0 Å². The lowest BCUT2D eigenvalue weighted by Gasteiger charge is -2.09. The highest BCUT2D eigenvalue weighted by Gasteiger charge is 2.04. The molecule has 0 fully saturated rings. The Labute approximate surface area is 93.3 Å². The van der Waals surface area contributed by atoms with Crippen molar-refractivity contribution in [2.75, 3.05) is 5.75 Å². The first-order chi connectivity index (χ1) is 7.42. The standard InChI is InChI=1S/C11H12N2OS/c1-2-15-14-11-6-4-3-5-10(11)13-8-7-12-9-13/h3-9H,2H2,1H3. The van der Waals surface area contributed by atoms with E-state index >= 15 is 0 Å². The van der Waals surface area contributed by atoms with E-state index in [1.807, 2.05) is 35.0 Å². The molecule has 0 saturated heterocycles. The summed E-state index contributed by atoms with van der Waals surface area (Å²) in [4.78, 5) is 4.02. The molecular formula is C11H12N2OS. The molecule has 1 aromatic carbocycles. The summed E-state index contributed by atoms with van der Waals surface area (Å²) in [5.41, 5.74) is 1.01. The van der Waals surface area contributed by atoms with Gasteiger partial charge in [-0.05, 0) is 12.1 Å². The lowest BCUT2D eigenvalue weighted by Crippen LogP contribution is -1.94. The zero-order valence-electron chi connectivity index (χ0n) is 8.46. The van der Waals surface area contributed by atoms with Crippen molar-refractivity contribution in [2.24, 2.45) is 0 Å². The van der Waals surface area contributed by atoms with E-state index < -0.39 is 0 Å². The Hall–Kier alpha value is -1.42. The van der Waals surface area contributed by atoms with E-state index in [9.17, 15) is 0 Å². The van der Waals surface area contributed by atoms with Gasteiger partial charge in [0.25, 0.3) is 0 Å². The van der Waals surface area contributed by atoms with E-state index in [4.69, 9.17) is 4.18 Å². The zero-order valence-corrected chi connectivity index (χ0v) is 9.28. The second-order valence-corrected chi connectivity index (χ2v) is 3.91. The fourth-order valence-corrected chi connectivity index (χ4v) is 1.65. The molecule has 1 heterocycles. The minimum atomic E-state index is 0.863. The van der Waals surface area contributed by atoms with E-state index in [-0.39, 0.29) is 0 Å². The van der Waals surface area contributed by atoms with Crippen LogP contribution in [0.1, 0.15) is 6.92 Å². The quantitative estimate of drug-likeness (QED) is 0.741. The predicted octanol–water partition coefficient (Wildman–Crippen LogP) is 2.92. The van der Waals surface area contributed by atoms with Gasteiger partial charge in [-0.15, -0.1) is 0 Å². The van der Waals surface area contributed by atoms with Gasteiger partial charge in [0.15, 0.2) is 5.75 Å². The number of aromatic nitrogens is 2. The van der Waals surface area contributed by atoms with Crippen LogP contribution in [-0.4, -0.2) is 15.3 Å². The average Bonchev–Trinajstić information content (AvgIpc) is 2.80. The van der Waals surface area contributed by atoms with Crippen molar-refractivity contribution in [3.63, 3.8) is 0 Å². The van der Waals surface area contributed by atoms with E-state index in [0.717, 1.165) is 17.2 Å². The summed E-state index contributed by atoms with van der Waals surface area (Å²) in [6.07, 6.45) is 5.42. The topological polar surface area (TPSA) is 27.1 Å². The molecular weight excluding hydrogens is 208 g/mol. The number of hydrogen-bond donors (Lipinski definition) is 0. The molecule has 0 aliphatic rings. The predicted molar refractivity (Wildman–Crippen MR) is 62.3 cm³/mol. The number of nitrogens with zero attached hydrogens (tertiary/aromatic N) is 2. The Bertz CT molecular complexity index is 414. The third-order valence-corrected chi connectivity index (χ3v) is 2.45. The molecule has 15 heavy (non-hydrogen) atoms. The molecule has 0 saturated carbocycles. The fourth-order valence-electron chi connectivity index (χ4n) is 1.26. The molecule has 0 unspecified atom stereocenters.